The lowest BCUT2D eigenvalue weighted by Crippen LogP contribution is -2.52. The van der Waals surface area contributed by atoms with Crippen LogP contribution in [0.15, 0.2) is 42.5 Å². The van der Waals surface area contributed by atoms with Crippen molar-refractivity contribution in [3.8, 4) is 0 Å². The molecule has 32 heavy (non-hydrogen) atoms. The Hall–Kier alpha value is -2.86. The lowest BCUT2D eigenvalue weighted by atomic mass is 9.86. The number of anilines is 2. The number of hydrogen-bond donors (Lipinski definition) is 3. The Morgan fingerprint density at radius 1 is 1.06 bits per heavy atom. The minimum Gasteiger partial charge on any atom is -0.333 e. The molecule has 0 saturated carbocycles. The van der Waals surface area contributed by atoms with Gasteiger partial charge in [-0.25, -0.2) is 4.79 Å². The summed E-state index contributed by atoms with van der Waals surface area (Å²) in [6.07, 6.45) is 1.44. The Labute approximate surface area is 191 Å². The maximum atomic E-state index is 12.9. The van der Waals surface area contributed by atoms with Crippen molar-refractivity contribution in [1.82, 2.24) is 10.2 Å². The number of nitrogens with zero attached hydrogens (tertiary/aromatic N) is 1. The summed E-state index contributed by atoms with van der Waals surface area (Å²) in [5, 5.41) is 9.02. The number of nitrogens with one attached hydrogen (secondary N) is 3. The number of carbonyl (C=O) groups excluding carboxylic acids is 2. The van der Waals surface area contributed by atoms with Gasteiger partial charge in [-0.3, -0.25) is 9.69 Å². The van der Waals surface area contributed by atoms with E-state index in [4.69, 9.17) is 0 Å². The molecule has 0 aliphatic carbocycles. The Morgan fingerprint density at radius 2 is 1.78 bits per heavy atom. The molecule has 2 aromatic rings. The number of fused-ring (bicyclic) bond motifs is 1. The molecule has 3 N–H and O–H groups in total. The van der Waals surface area contributed by atoms with Crippen LogP contribution in [-0.4, -0.2) is 36.0 Å². The van der Waals surface area contributed by atoms with Crippen molar-refractivity contribution >= 4 is 23.3 Å². The molecule has 0 fully saturated rings. The number of aryl methyl sites for hydroxylation is 1. The summed E-state index contributed by atoms with van der Waals surface area (Å²) in [5.74, 6) is -0.0554. The van der Waals surface area contributed by atoms with Gasteiger partial charge in [0.25, 0.3) is 0 Å². The first-order valence-corrected chi connectivity index (χ1v) is 11.4. The number of hydrogen-bond acceptors (Lipinski definition) is 3. The fourth-order valence-corrected chi connectivity index (χ4v) is 3.90. The van der Waals surface area contributed by atoms with E-state index in [1.54, 1.807) is 6.07 Å². The zero-order valence-corrected chi connectivity index (χ0v) is 19.9. The minimum atomic E-state index is -0.232. The molecular weight excluding hydrogens is 400 g/mol. The summed E-state index contributed by atoms with van der Waals surface area (Å²) in [6.45, 7) is 12.9. The first kappa shape index (κ1) is 23.8. The largest absolute Gasteiger partial charge is 0.333 e. The molecule has 1 aliphatic heterocycles. The molecule has 0 bridgehead atoms. The van der Waals surface area contributed by atoms with Crippen LogP contribution in [0.2, 0.25) is 0 Å². The highest BCUT2D eigenvalue weighted by molar-refractivity contribution is 5.94. The van der Waals surface area contributed by atoms with E-state index in [0.29, 0.717) is 17.8 Å². The molecule has 6 heteroatoms. The summed E-state index contributed by atoms with van der Waals surface area (Å²) in [7, 11) is 0. The Kier molecular flexibility index (Phi) is 7.56. The lowest BCUT2D eigenvalue weighted by Gasteiger charge is -2.38. The standard InChI is InChI=1S/C26H36N4O2/c1-6-24(31)27-21-12-11-18(2)22(15-21)28-25(32)29-23(26(3,4)5)17-30-14-13-19-9-7-8-10-20(19)16-30/h7-12,15,23H,6,13-14,16-17H2,1-5H3,(H,27,31)(H2,28,29,32)/t23-/m0/s1. The molecule has 1 aliphatic rings. The average Bonchev–Trinajstić information content (AvgIpc) is 2.74. The summed E-state index contributed by atoms with van der Waals surface area (Å²) in [6, 6.07) is 13.9. The molecule has 3 rings (SSSR count). The van der Waals surface area contributed by atoms with E-state index in [1.165, 1.54) is 11.1 Å². The molecule has 0 radical (unpaired) electrons. The molecule has 1 heterocycles. The van der Waals surface area contributed by atoms with E-state index >= 15 is 0 Å². The van der Waals surface area contributed by atoms with Crippen molar-refractivity contribution < 1.29 is 9.59 Å². The van der Waals surface area contributed by atoms with Crippen molar-refractivity contribution in [1.29, 1.82) is 0 Å². The van der Waals surface area contributed by atoms with Gasteiger partial charge in [0.05, 0.1) is 0 Å². The van der Waals surface area contributed by atoms with Gasteiger partial charge in [-0.2, -0.15) is 0 Å². The highest BCUT2D eigenvalue weighted by Gasteiger charge is 2.29. The number of rotatable bonds is 6. The monoisotopic (exact) mass is 436 g/mol. The van der Waals surface area contributed by atoms with Gasteiger partial charge in [0.2, 0.25) is 5.91 Å². The van der Waals surface area contributed by atoms with Gasteiger partial charge in [-0.05, 0) is 47.6 Å². The first-order chi connectivity index (χ1) is 15.2. The zero-order valence-electron chi connectivity index (χ0n) is 19.9. The van der Waals surface area contributed by atoms with Gasteiger partial charge >= 0.3 is 6.03 Å². The predicted molar refractivity (Wildman–Crippen MR) is 131 cm³/mol. The van der Waals surface area contributed by atoms with Gasteiger partial charge in [-0.1, -0.05) is 58.0 Å². The van der Waals surface area contributed by atoms with Gasteiger partial charge in [0.15, 0.2) is 0 Å². The van der Waals surface area contributed by atoms with Gasteiger partial charge in [-0.15, -0.1) is 0 Å². The van der Waals surface area contributed by atoms with Crippen molar-refractivity contribution in [2.45, 2.75) is 60.0 Å². The van der Waals surface area contributed by atoms with Crippen molar-refractivity contribution in [2.75, 3.05) is 23.7 Å². The molecular formula is C26H36N4O2. The van der Waals surface area contributed by atoms with Gasteiger partial charge in [0.1, 0.15) is 0 Å². The summed E-state index contributed by atoms with van der Waals surface area (Å²) in [5.41, 5.74) is 5.01. The second-order valence-corrected chi connectivity index (χ2v) is 9.70. The smallest absolute Gasteiger partial charge is 0.319 e. The molecule has 0 saturated heterocycles. The molecule has 0 unspecified atom stereocenters. The van der Waals surface area contributed by atoms with Crippen LogP contribution in [0.3, 0.4) is 0 Å². The highest BCUT2D eigenvalue weighted by Crippen LogP contribution is 2.25. The van der Waals surface area contributed by atoms with Crippen LogP contribution in [0.4, 0.5) is 16.2 Å². The van der Waals surface area contributed by atoms with Gasteiger partial charge in [0, 0.05) is 43.5 Å². The number of carbonyl (C=O) groups is 2. The molecule has 1 atom stereocenters. The lowest BCUT2D eigenvalue weighted by molar-refractivity contribution is -0.115. The summed E-state index contributed by atoms with van der Waals surface area (Å²) in [4.78, 5) is 27.1. The molecule has 0 spiro atoms. The maximum absolute atomic E-state index is 12.9. The van der Waals surface area contributed by atoms with Crippen LogP contribution in [0, 0.1) is 12.3 Å². The Morgan fingerprint density at radius 3 is 2.47 bits per heavy atom. The quantitative estimate of drug-likeness (QED) is 0.601. The normalized spacial score (nSPS) is 14.9. The topological polar surface area (TPSA) is 73.5 Å². The minimum absolute atomic E-state index is 0.0176. The zero-order chi connectivity index (χ0) is 23.3. The highest BCUT2D eigenvalue weighted by atomic mass is 16.2. The van der Waals surface area contributed by atoms with Gasteiger partial charge < -0.3 is 16.0 Å². The SMILES string of the molecule is CCC(=O)Nc1ccc(C)c(NC(=O)N[C@@H](CN2CCc3ccccc3C2)C(C)(C)C)c1. The second-order valence-electron chi connectivity index (χ2n) is 9.70. The predicted octanol–water partition coefficient (Wildman–Crippen LogP) is 4.94. The summed E-state index contributed by atoms with van der Waals surface area (Å²) < 4.78 is 0. The molecule has 3 amide bonds. The van der Waals surface area contributed by atoms with Crippen LogP contribution in [0.1, 0.15) is 50.8 Å². The number of amides is 3. The third kappa shape index (κ3) is 6.33. The van der Waals surface area contributed by atoms with Crippen molar-refractivity contribution in [3.05, 3.63) is 59.2 Å². The average molecular weight is 437 g/mol. The Bertz CT molecular complexity index is 965. The second kappa shape index (κ2) is 10.2. The van der Waals surface area contributed by atoms with E-state index in [2.05, 4.69) is 65.9 Å². The van der Waals surface area contributed by atoms with Crippen molar-refractivity contribution in [3.63, 3.8) is 0 Å². The fraction of sp³-hybridized carbons (Fsp3) is 0.462. The van der Waals surface area contributed by atoms with E-state index in [1.807, 2.05) is 26.0 Å². The van der Waals surface area contributed by atoms with Crippen LogP contribution >= 0.6 is 0 Å². The molecule has 6 nitrogen and oxygen atoms in total. The molecule has 172 valence electrons. The van der Waals surface area contributed by atoms with E-state index in [-0.39, 0.29) is 23.4 Å². The van der Waals surface area contributed by atoms with Crippen LogP contribution in [-0.2, 0) is 17.8 Å². The van der Waals surface area contributed by atoms with Crippen LogP contribution in [0.25, 0.3) is 0 Å². The van der Waals surface area contributed by atoms with E-state index in [9.17, 15) is 9.59 Å². The molecule has 2 aromatic carbocycles. The number of urea groups is 1. The number of benzene rings is 2. The summed E-state index contributed by atoms with van der Waals surface area (Å²) >= 11 is 0. The third-order valence-corrected chi connectivity index (χ3v) is 6.09. The fourth-order valence-electron chi connectivity index (χ4n) is 3.90. The van der Waals surface area contributed by atoms with E-state index in [0.717, 1.165) is 31.6 Å². The third-order valence-electron chi connectivity index (χ3n) is 6.09. The van der Waals surface area contributed by atoms with Crippen molar-refractivity contribution in [2.24, 2.45) is 5.41 Å². The molecule has 0 aromatic heterocycles. The Balaban J connectivity index is 1.66. The first-order valence-electron chi connectivity index (χ1n) is 11.4. The maximum Gasteiger partial charge on any atom is 0.319 e. The van der Waals surface area contributed by atoms with E-state index < -0.39 is 0 Å². The van der Waals surface area contributed by atoms with Crippen LogP contribution in [0.5, 0.6) is 0 Å². The van der Waals surface area contributed by atoms with Crippen LogP contribution < -0.4 is 16.0 Å².